The molecule has 0 saturated carbocycles. The second-order valence-corrected chi connectivity index (χ2v) is 20.9. The number of hydrogen-bond acceptors (Lipinski definition) is 3. The van der Waals surface area contributed by atoms with Gasteiger partial charge in [0, 0.05) is 26.7 Å². The Morgan fingerprint density at radius 1 is 1.04 bits per heavy atom. The summed E-state index contributed by atoms with van der Waals surface area (Å²) in [6.07, 6.45) is 0.202. The molecule has 0 aliphatic carbocycles. The predicted octanol–water partition coefficient (Wildman–Crippen LogP) is 5.22. The number of amides is 1. The zero-order valence-electron chi connectivity index (χ0n) is 18.8. The Morgan fingerprint density at radius 3 is 2.00 bits per heavy atom. The molecule has 0 aromatic heterocycles. The van der Waals surface area contributed by atoms with Gasteiger partial charge in [-0.1, -0.05) is 64.1 Å². The Bertz CT molecular complexity index is 690. The third kappa shape index (κ3) is 8.14. The van der Waals surface area contributed by atoms with Gasteiger partial charge >= 0.3 is 5.97 Å². The van der Waals surface area contributed by atoms with Gasteiger partial charge in [0.1, 0.15) is 6.10 Å². The van der Waals surface area contributed by atoms with E-state index >= 15 is 0 Å². The summed E-state index contributed by atoms with van der Waals surface area (Å²) in [6.45, 7) is 21.2. The number of hydrogen-bond donors (Lipinski definition) is 0. The lowest BCUT2D eigenvalue weighted by atomic mass is 10.0. The molecule has 0 aliphatic heterocycles. The van der Waals surface area contributed by atoms with Crippen LogP contribution in [0.2, 0.25) is 45.3 Å². The van der Waals surface area contributed by atoms with Gasteiger partial charge < -0.3 is 9.64 Å². The van der Waals surface area contributed by atoms with Crippen molar-refractivity contribution in [2.24, 2.45) is 0 Å². The van der Waals surface area contributed by atoms with Gasteiger partial charge in [-0.15, -0.1) is 0 Å². The minimum absolute atomic E-state index is 0.0199. The van der Waals surface area contributed by atoms with Crippen molar-refractivity contribution in [1.82, 2.24) is 4.90 Å². The maximum absolute atomic E-state index is 13.3. The number of carbonyl (C=O) groups excluding carboxylic acids is 2. The number of carbonyl (C=O) groups is 2. The quantitative estimate of drug-likeness (QED) is 0.313. The fourth-order valence-electron chi connectivity index (χ4n) is 3.31. The van der Waals surface area contributed by atoms with E-state index < -0.39 is 22.3 Å². The lowest BCUT2D eigenvalue weighted by Crippen LogP contribution is -2.53. The molecule has 1 rings (SSSR count). The van der Waals surface area contributed by atoms with Crippen molar-refractivity contribution in [2.75, 3.05) is 6.17 Å². The smallest absolute Gasteiger partial charge is 0.303 e. The molecule has 0 radical (unpaired) electrons. The van der Waals surface area contributed by atoms with Crippen LogP contribution in [0.15, 0.2) is 42.5 Å². The van der Waals surface area contributed by atoms with Crippen molar-refractivity contribution in [3.8, 4) is 0 Å². The van der Waals surface area contributed by atoms with Gasteiger partial charge in [-0.25, -0.2) is 0 Å². The molecule has 1 aromatic carbocycles. The average molecular weight is 420 g/mol. The zero-order valence-corrected chi connectivity index (χ0v) is 20.8. The highest BCUT2D eigenvalue weighted by atomic mass is 28.3. The van der Waals surface area contributed by atoms with Crippen molar-refractivity contribution in [2.45, 2.75) is 71.3 Å². The molecule has 0 heterocycles. The highest BCUT2D eigenvalue weighted by Crippen LogP contribution is 2.26. The fraction of sp³-hybridized carbons (Fsp3) is 0.545. The number of nitrogens with zero attached hydrogens (tertiary/aromatic N) is 1. The van der Waals surface area contributed by atoms with Crippen LogP contribution in [0, 0.1) is 0 Å². The maximum Gasteiger partial charge on any atom is 0.303 e. The Hall–Kier alpha value is -1.67. The van der Waals surface area contributed by atoms with Gasteiger partial charge in [-0.2, -0.15) is 0 Å². The minimum atomic E-state index is -1.60. The van der Waals surface area contributed by atoms with Crippen LogP contribution in [0.25, 0.3) is 0 Å². The monoisotopic (exact) mass is 419 g/mol. The van der Waals surface area contributed by atoms with E-state index in [2.05, 4.69) is 45.9 Å². The van der Waals surface area contributed by atoms with Crippen LogP contribution < -0.4 is 0 Å². The second kappa shape index (κ2) is 9.70. The van der Waals surface area contributed by atoms with Crippen LogP contribution >= 0.6 is 0 Å². The second-order valence-electron chi connectivity index (χ2n) is 10.0. The van der Waals surface area contributed by atoms with Crippen LogP contribution in [0.3, 0.4) is 0 Å². The lowest BCUT2D eigenvalue weighted by Gasteiger charge is -2.39. The summed E-state index contributed by atoms with van der Waals surface area (Å²) in [4.78, 5) is 27.1. The van der Waals surface area contributed by atoms with Crippen molar-refractivity contribution in [3.63, 3.8) is 0 Å². The molecular formula is C22H37NO3Si2. The van der Waals surface area contributed by atoms with E-state index in [4.69, 9.17) is 4.74 Å². The number of esters is 1. The van der Waals surface area contributed by atoms with Gasteiger partial charge in [0.05, 0.1) is 14.1 Å². The summed E-state index contributed by atoms with van der Waals surface area (Å²) >= 11 is 0. The maximum atomic E-state index is 13.3. The van der Waals surface area contributed by atoms with Gasteiger partial charge in [-0.05, 0) is 30.7 Å². The molecular weight excluding hydrogens is 382 g/mol. The first-order valence-corrected chi connectivity index (χ1v) is 17.3. The molecule has 0 saturated heterocycles. The molecule has 0 aliphatic rings. The SMILES string of the molecule is C=C(C[Si](C)(C)C)[C@@H](OC(C)=O)[C@H](C)N(C[Si](C)(C)C)C(=O)c1ccccc1. The van der Waals surface area contributed by atoms with Crippen molar-refractivity contribution in [3.05, 3.63) is 48.0 Å². The predicted molar refractivity (Wildman–Crippen MR) is 123 cm³/mol. The van der Waals surface area contributed by atoms with E-state index in [1.807, 2.05) is 42.2 Å². The molecule has 4 nitrogen and oxygen atoms in total. The normalized spacial score (nSPS) is 14.1. The van der Waals surface area contributed by atoms with Crippen LogP contribution in [0.1, 0.15) is 24.2 Å². The molecule has 6 heteroatoms. The van der Waals surface area contributed by atoms with E-state index in [0.717, 1.165) is 11.6 Å². The number of benzene rings is 1. The van der Waals surface area contributed by atoms with Crippen molar-refractivity contribution >= 4 is 28.0 Å². The molecule has 156 valence electrons. The zero-order chi connectivity index (χ0) is 21.7. The summed E-state index contributed by atoms with van der Waals surface area (Å²) in [5.74, 6) is -0.359. The first-order valence-electron chi connectivity index (χ1n) is 9.92. The Kier molecular flexibility index (Phi) is 8.44. The van der Waals surface area contributed by atoms with E-state index in [0.29, 0.717) is 11.7 Å². The van der Waals surface area contributed by atoms with E-state index in [1.165, 1.54) is 6.92 Å². The Balaban J connectivity index is 3.27. The molecule has 0 unspecified atom stereocenters. The summed E-state index contributed by atoms with van der Waals surface area (Å²) in [7, 11) is -3.04. The van der Waals surface area contributed by atoms with E-state index in [1.54, 1.807) is 0 Å². The van der Waals surface area contributed by atoms with Crippen molar-refractivity contribution < 1.29 is 14.3 Å². The van der Waals surface area contributed by atoms with Crippen LogP contribution in [0.5, 0.6) is 0 Å². The molecule has 1 aromatic rings. The van der Waals surface area contributed by atoms with Gasteiger partial charge in [-0.3, -0.25) is 9.59 Å². The average Bonchev–Trinajstić information content (AvgIpc) is 2.54. The summed E-state index contributed by atoms with van der Waals surface area (Å²) in [5.41, 5.74) is 1.56. The molecule has 0 fully saturated rings. The molecule has 28 heavy (non-hydrogen) atoms. The van der Waals surface area contributed by atoms with Crippen molar-refractivity contribution in [1.29, 1.82) is 0 Å². The molecule has 0 spiro atoms. The van der Waals surface area contributed by atoms with Crippen LogP contribution in [-0.4, -0.2) is 51.2 Å². The first kappa shape index (κ1) is 24.4. The van der Waals surface area contributed by atoms with Crippen LogP contribution in [0.4, 0.5) is 0 Å². The topological polar surface area (TPSA) is 46.6 Å². The van der Waals surface area contributed by atoms with Crippen LogP contribution in [-0.2, 0) is 9.53 Å². The third-order valence-electron chi connectivity index (χ3n) is 4.31. The fourth-order valence-corrected chi connectivity index (χ4v) is 6.32. The summed E-state index contributed by atoms with van der Waals surface area (Å²) < 4.78 is 5.71. The van der Waals surface area contributed by atoms with E-state index in [9.17, 15) is 9.59 Å². The highest BCUT2D eigenvalue weighted by molar-refractivity contribution is 6.77. The van der Waals surface area contributed by atoms with Gasteiger partial charge in [0.25, 0.3) is 5.91 Å². The summed E-state index contributed by atoms with van der Waals surface area (Å²) in [6, 6.07) is 9.91. The molecule has 0 N–H and O–H groups in total. The Morgan fingerprint density at radius 2 is 1.57 bits per heavy atom. The Labute approximate surface area is 173 Å². The number of ether oxygens (including phenoxy) is 1. The van der Waals surface area contributed by atoms with Gasteiger partial charge in [0.2, 0.25) is 0 Å². The minimum Gasteiger partial charge on any atom is -0.456 e. The third-order valence-corrected chi connectivity index (χ3v) is 7.11. The number of rotatable bonds is 9. The first-order chi connectivity index (χ1) is 12.7. The molecule has 1 amide bonds. The standard InChI is InChI=1S/C22H37NO3Si2/c1-17(15-27(4,5)6)21(26-19(3)24)18(2)23(16-28(7,8)9)22(25)20-13-11-10-12-14-20/h10-14,18,21H,1,15-16H2,2-9H3/t18-,21+/m0/s1. The lowest BCUT2D eigenvalue weighted by molar-refractivity contribution is -0.146. The van der Waals surface area contributed by atoms with E-state index in [-0.39, 0.29) is 17.9 Å². The van der Waals surface area contributed by atoms with Gasteiger partial charge in [0.15, 0.2) is 0 Å². The molecule has 2 atom stereocenters. The highest BCUT2D eigenvalue weighted by Gasteiger charge is 2.35. The summed E-state index contributed by atoms with van der Waals surface area (Å²) in [5, 5.41) is 0. The largest absolute Gasteiger partial charge is 0.456 e. The molecule has 0 bridgehead atoms.